The highest BCUT2D eigenvalue weighted by atomic mass is 79.9. The van der Waals surface area contributed by atoms with Crippen molar-refractivity contribution in [2.75, 3.05) is 5.33 Å². The average Bonchev–Trinajstić information content (AvgIpc) is 2.17. The van der Waals surface area contributed by atoms with Gasteiger partial charge in [0.15, 0.2) is 0 Å². The number of hydrogen-bond donors (Lipinski definition) is 1. The van der Waals surface area contributed by atoms with Gasteiger partial charge in [-0.15, -0.1) is 0 Å². The van der Waals surface area contributed by atoms with Crippen LogP contribution in [0.1, 0.15) is 25.7 Å². The molecule has 1 saturated carbocycles. The molecule has 0 N–H and O–H groups in total. The normalized spacial score (nSPS) is 35.3. The minimum atomic E-state index is 0.703. The Labute approximate surface area is 70.9 Å². The highest BCUT2D eigenvalue weighted by molar-refractivity contribution is 9.09. The Bertz CT molecular complexity index is 83.0. The molecule has 2 unspecified atom stereocenters. The Morgan fingerprint density at radius 1 is 1.44 bits per heavy atom. The van der Waals surface area contributed by atoms with Gasteiger partial charge in [0.2, 0.25) is 0 Å². The van der Waals surface area contributed by atoms with Crippen LogP contribution in [0.5, 0.6) is 0 Å². The van der Waals surface area contributed by atoms with E-state index in [4.69, 9.17) is 0 Å². The smallest absolute Gasteiger partial charge is 0.00339 e. The van der Waals surface area contributed by atoms with Crippen LogP contribution in [0.25, 0.3) is 0 Å². The molecular weight excluding hydrogens is 196 g/mol. The number of thiol groups is 1. The molecule has 2 heteroatoms. The zero-order chi connectivity index (χ0) is 6.69. The predicted molar refractivity (Wildman–Crippen MR) is 48.5 cm³/mol. The molecule has 0 saturated heterocycles. The van der Waals surface area contributed by atoms with Crippen molar-refractivity contribution in [1.82, 2.24) is 0 Å². The third kappa shape index (κ3) is 2.50. The summed E-state index contributed by atoms with van der Waals surface area (Å²) in [6.45, 7) is 0. The van der Waals surface area contributed by atoms with Crippen molar-refractivity contribution < 1.29 is 0 Å². The Morgan fingerprint density at radius 3 is 2.67 bits per heavy atom. The summed E-state index contributed by atoms with van der Waals surface area (Å²) in [5, 5.41) is 1.87. The number of halogens is 1. The number of alkyl halides is 1. The van der Waals surface area contributed by atoms with Crippen LogP contribution in [0.2, 0.25) is 0 Å². The third-order valence-corrected chi connectivity index (χ3v) is 2.96. The van der Waals surface area contributed by atoms with Crippen LogP contribution < -0.4 is 0 Å². The van der Waals surface area contributed by atoms with E-state index in [0.717, 1.165) is 11.2 Å². The lowest BCUT2D eigenvalue weighted by Crippen LogP contribution is -1.95. The fraction of sp³-hybridized carbons (Fsp3) is 1.00. The van der Waals surface area contributed by atoms with Gasteiger partial charge >= 0.3 is 0 Å². The Hall–Kier alpha value is 0.830. The van der Waals surface area contributed by atoms with Crippen molar-refractivity contribution in [2.45, 2.75) is 30.9 Å². The van der Waals surface area contributed by atoms with Gasteiger partial charge in [0.25, 0.3) is 0 Å². The van der Waals surface area contributed by atoms with Gasteiger partial charge in [-0.05, 0) is 31.6 Å². The van der Waals surface area contributed by atoms with Crippen molar-refractivity contribution in [3.05, 3.63) is 0 Å². The SMILES string of the molecule is SC1CCC(CCBr)C1. The van der Waals surface area contributed by atoms with E-state index in [1.54, 1.807) is 0 Å². The highest BCUT2D eigenvalue weighted by Gasteiger charge is 2.20. The summed E-state index contributed by atoms with van der Waals surface area (Å²) in [4.78, 5) is 0. The van der Waals surface area contributed by atoms with E-state index in [2.05, 4.69) is 28.6 Å². The second-order valence-electron chi connectivity index (χ2n) is 2.81. The van der Waals surface area contributed by atoms with Crippen molar-refractivity contribution >= 4 is 28.6 Å². The van der Waals surface area contributed by atoms with Gasteiger partial charge in [0, 0.05) is 10.6 Å². The van der Waals surface area contributed by atoms with Gasteiger partial charge in [-0.2, -0.15) is 12.6 Å². The third-order valence-electron chi connectivity index (χ3n) is 2.03. The molecule has 0 aromatic carbocycles. The summed E-state index contributed by atoms with van der Waals surface area (Å²) in [6, 6.07) is 0. The molecule has 2 atom stereocenters. The molecule has 1 aliphatic carbocycles. The molecule has 1 fully saturated rings. The summed E-state index contributed by atoms with van der Waals surface area (Å²) in [5.41, 5.74) is 0. The summed E-state index contributed by atoms with van der Waals surface area (Å²) in [7, 11) is 0. The first-order valence-electron chi connectivity index (χ1n) is 3.57. The number of hydrogen-bond acceptors (Lipinski definition) is 1. The molecule has 0 nitrogen and oxygen atoms in total. The van der Waals surface area contributed by atoms with Crippen molar-refractivity contribution in [1.29, 1.82) is 0 Å². The maximum Gasteiger partial charge on any atom is 0.00339 e. The van der Waals surface area contributed by atoms with E-state index >= 15 is 0 Å². The Kier molecular flexibility index (Phi) is 3.41. The molecule has 0 heterocycles. The van der Waals surface area contributed by atoms with Crippen LogP contribution in [0.15, 0.2) is 0 Å². The van der Waals surface area contributed by atoms with Crippen LogP contribution in [0, 0.1) is 5.92 Å². The molecule has 54 valence electrons. The van der Waals surface area contributed by atoms with Gasteiger partial charge in [0.1, 0.15) is 0 Å². The maximum absolute atomic E-state index is 4.43. The largest absolute Gasteiger partial charge is 0.176 e. The highest BCUT2D eigenvalue weighted by Crippen LogP contribution is 2.31. The zero-order valence-electron chi connectivity index (χ0n) is 5.52. The van der Waals surface area contributed by atoms with E-state index in [1.807, 2.05) is 0 Å². The van der Waals surface area contributed by atoms with Crippen LogP contribution in [-0.2, 0) is 0 Å². The second-order valence-corrected chi connectivity index (χ2v) is 4.33. The molecule has 0 aromatic heterocycles. The fourth-order valence-corrected chi connectivity index (χ4v) is 2.56. The molecule has 1 aliphatic rings. The molecule has 0 aliphatic heterocycles. The zero-order valence-corrected chi connectivity index (χ0v) is 8.00. The summed E-state index contributed by atoms with van der Waals surface area (Å²) >= 11 is 7.88. The fourth-order valence-electron chi connectivity index (χ4n) is 1.47. The lowest BCUT2D eigenvalue weighted by Gasteiger charge is -2.04. The van der Waals surface area contributed by atoms with Gasteiger partial charge < -0.3 is 0 Å². The topological polar surface area (TPSA) is 0 Å². The second kappa shape index (κ2) is 3.87. The van der Waals surface area contributed by atoms with Crippen LogP contribution in [0.4, 0.5) is 0 Å². The van der Waals surface area contributed by atoms with Crippen LogP contribution in [-0.4, -0.2) is 10.6 Å². The molecule has 0 spiro atoms. The standard InChI is InChI=1S/C7H13BrS/c8-4-3-6-1-2-7(9)5-6/h6-7,9H,1-5H2. The Balaban J connectivity index is 2.14. The van der Waals surface area contributed by atoms with Crippen molar-refractivity contribution in [2.24, 2.45) is 5.92 Å². The predicted octanol–water partition coefficient (Wildman–Crippen LogP) is 2.87. The van der Waals surface area contributed by atoms with Crippen molar-refractivity contribution in [3.63, 3.8) is 0 Å². The molecular formula is C7H13BrS. The first-order chi connectivity index (χ1) is 4.33. The van der Waals surface area contributed by atoms with E-state index in [-0.39, 0.29) is 0 Å². The van der Waals surface area contributed by atoms with E-state index < -0.39 is 0 Å². The molecule has 0 radical (unpaired) electrons. The minimum absolute atomic E-state index is 0.703. The maximum atomic E-state index is 4.43. The summed E-state index contributed by atoms with van der Waals surface area (Å²) in [5.74, 6) is 0.965. The molecule has 1 rings (SSSR count). The van der Waals surface area contributed by atoms with Gasteiger partial charge in [-0.25, -0.2) is 0 Å². The van der Waals surface area contributed by atoms with E-state index in [1.165, 1.54) is 25.7 Å². The minimum Gasteiger partial charge on any atom is -0.176 e. The summed E-state index contributed by atoms with van der Waals surface area (Å²) in [6.07, 6.45) is 5.42. The van der Waals surface area contributed by atoms with E-state index in [0.29, 0.717) is 5.25 Å². The monoisotopic (exact) mass is 208 g/mol. The first kappa shape index (κ1) is 7.93. The number of rotatable bonds is 2. The first-order valence-corrected chi connectivity index (χ1v) is 5.20. The quantitative estimate of drug-likeness (QED) is 0.524. The van der Waals surface area contributed by atoms with Gasteiger partial charge in [-0.3, -0.25) is 0 Å². The van der Waals surface area contributed by atoms with Crippen molar-refractivity contribution in [3.8, 4) is 0 Å². The molecule has 9 heavy (non-hydrogen) atoms. The molecule has 0 aromatic rings. The van der Waals surface area contributed by atoms with E-state index in [9.17, 15) is 0 Å². The summed E-state index contributed by atoms with van der Waals surface area (Å²) < 4.78 is 0. The lowest BCUT2D eigenvalue weighted by molar-refractivity contribution is 0.538. The van der Waals surface area contributed by atoms with Gasteiger partial charge in [-0.1, -0.05) is 15.9 Å². The van der Waals surface area contributed by atoms with Crippen LogP contribution >= 0.6 is 28.6 Å². The lowest BCUT2D eigenvalue weighted by atomic mass is 10.1. The van der Waals surface area contributed by atoms with Gasteiger partial charge in [0.05, 0.1) is 0 Å². The molecule has 0 bridgehead atoms. The Morgan fingerprint density at radius 2 is 2.22 bits per heavy atom. The van der Waals surface area contributed by atoms with Crippen LogP contribution in [0.3, 0.4) is 0 Å². The molecule has 0 amide bonds. The average molecular weight is 209 g/mol.